The number of benzene rings is 1. The van der Waals surface area contributed by atoms with Gasteiger partial charge >= 0.3 is 0 Å². The van der Waals surface area contributed by atoms with Crippen molar-refractivity contribution < 1.29 is 5.11 Å². The largest absolute Gasteiger partial charge is 0.394 e. The molecule has 7 heteroatoms. The van der Waals surface area contributed by atoms with Crippen LogP contribution in [0.1, 0.15) is 13.8 Å². The van der Waals surface area contributed by atoms with Crippen LogP contribution in [-0.2, 0) is 0 Å². The SMILES string of the molecule is CCN(CC)c1ccc(N=C2C(=N)N(CCO)NC2N(C)C)cc1. The molecule has 2 rings (SSSR count). The number of hydrazine groups is 1. The Hall–Kier alpha value is -1.96. The highest BCUT2D eigenvalue weighted by atomic mass is 16.3. The number of nitrogens with zero attached hydrogens (tertiary/aromatic N) is 4. The number of β-amino-alcohol motifs (C(OH)–C–C–N with tert-alkyl or cyclic N) is 1. The Morgan fingerprint density at radius 2 is 1.83 bits per heavy atom. The lowest BCUT2D eigenvalue weighted by Crippen LogP contribution is -2.45. The zero-order valence-electron chi connectivity index (χ0n) is 15.0. The van der Waals surface area contributed by atoms with E-state index in [-0.39, 0.29) is 12.8 Å². The minimum Gasteiger partial charge on any atom is -0.394 e. The lowest BCUT2D eigenvalue weighted by molar-refractivity contribution is 0.181. The zero-order chi connectivity index (χ0) is 17.7. The average Bonchev–Trinajstić information content (AvgIpc) is 2.88. The quantitative estimate of drug-likeness (QED) is 0.701. The smallest absolute Gasteiger partial charge is 0.160 e. The standard InChI is InChI=1S/C17H28N6O/c1-5-22(6-2)14-9-7-13(8-10-14)19-15-16(18)23(11-12-24)20-17(15)21(3)4/h7-10,17-18,20,24H,5-6,11-12H2,1-4H3. The second kappa shape index (κ2) is 8.23. The highest BCUT2D eigenvalue weighted by Crippen LogP contribution is 2.21. The van der Waals surface area contributed by atoms with E-state index in [1.165, 1.54) is 5.69 Å². The van der Waals surface area contributed by atoms with Crippen LogP contribution in [0, 0.1) is 5.41 Å². The number of aliphatic hydroxyl groups excluding tert-OH is 1. The lowest BCUT2D eigenvalue weighted by atomic mass is 10.2. The van der Waals surface area contributed by atoms with Crippen molar-refractivity contribution in [1.82, 2.24) is 15.3 Å². The van der Waals surface area contributed by atoms with Crippen LogP contribution >= 0.6 is 0 Å². The molecule has 0 radical (unpaired) electrons. The van der Waals surface area contributed by atoms with Gasteiger partial charge < -0.3 is 10.0 Å². The third-order valence-electron chi connectivity index (χ3n) is 4.12. The summed E-state index contributed by atoms with van der Waals surface area (Å²) in [6.45, 7) is 6.57. The van der Waals surface area contributed by atoms with Crippen LogP contribution < -0.4 is 10.3 Å². The monoisotopic (exact) mass is 332 g/mol. The van der Waals surface area contributed by atoms with Gasteiger partial charge in [0.2, 0.25) is 0 Å². The summed E-state index contributed by atoms with van der Waals surface area (Å²) in [6.07, 6.45) is -0.175. The average molecular weight is 332 g/mol. The molecule has 1 saturated heterocycles. The molecule has 0 bridgehead atoms. The number of hydrogen-bond acceptors (Lipinski definition) is 6. The summed E-state index contributed by atoms with van der Waals surface area (Å²) < 4.78 is 0. The number of aliphatic imine (C=N–C) groups is 1. The number of anilines is 1. The summed E-state index contributed by atoms with van der Waals surface area (Å²) in [6, 6.07) is 8.09. The van der Waals surface area contributed by atoms with Crippen molar-refractivity contribution in [2.75, 3.05) is 45.2 Å². The number of rotatable bonds is 7. The molecule has 0 aliphatic carbocycles. The van der Waals surface area contributed by atoms with E-state index in [4.69, 9.17) is 10.5 Å². The fourth-order valence-electron chi connectivity index (χ4n) is 2.76. The van der Waals surface area contributed by atoms with Gasteiger partial charge in [-0.2, -0.15) is 0 Å². The molecule has 0 spiro atoms. The van der Waals surface area contributed by atoms with Gasteiger partial charge in [-0.1, -0.05) is 0 Å². The Labute approximate surface area is 144 Å². The molecule has 1 atom stereocenters. The van der Waals surface area contributed by atoms with E-state index in [1.54, 1.807) is 5.01 Å². The topological polar surface area (TPSA) is 78.2 Å². The van der Waals surface area contributed by atoms with Gasteiger partial charge in [0.1, 0.15) is 11.9 Å². The molecule has 1 aromatic carbocycles. The molecule has 0 aromatic heterocycles. The van der Waals surface area contributed by atoms with Crippen LogP contribution in [0.15, 0.2) is 29.3 Å². The first-order valence-corrected chi connectivity index (χ1v) is 8.35. The Bertz CT molecular complexity index is 579. The first-order chi connectivity index (χ1) is 11.5. The molecular weight excluding hydrogens is 304 g/mol. The predicted molar refractivity (Wildman–Crippen MR) is 99.2 cm³/mol. The van der Waals surface area contributed by atoms with Gasteiger partial charge in [0.05, 0.1) is 18.8 Å². The van der Waals surface area contributed by atoms with Crippen molar-refractivity contribution >= 4 is 22.9 Å². The number of hydrogen-bond donors (Lipinski definition) is 3. The summed E-state index contributed by atoms with van der Waals surface area (Å²) in [4.78, 5) is 8.92. The van der Waals surface area contributed by atoms with Crippen molar-refractivity contribution in [3.05, 3.63) is 24.3 Å². The third-order valence-corrected chi connectivity index (χ3v) is 4.12. The Morgan fingerprint density at radius 1 is 1.21 bits per heavy atom. The van der Waals surface area contributed by atoms with Gasteiger partial charge in [-0.05, 0) is 52.2 Å². The molecule has 0 amide bonds. The molecular formula is C17H28N6O. The molecule has 3 N–H and O–H groups in total. The van der Waals surface area contributed by atoms with Gasteiger partial charge in [-0.25, -0.2) is 10.4 Å². The second-order valence-electron chi connectivity index (χ2n) is 5.90. The minimum atomic E-state index is -0.175. The normalized spacial score (nSPS) is 19.6. The Morgan fingerprint density at radius 3 is 2.33 bits per heavy atom. The molecule has 24 heavy (non-hydrogen) atoms. The highest BCUT2D eigenvalue weighted by molar-refractivity contribution is 6.43. The molecule has 1 unspecified atom stereocenters. The van der Waals surface area contributed by atoms with E-state index in [2.05, 4.69) is 41.3 Å². The lowest BCUT2D eigenvalue weighted by Gasteiger charge is -2.21. The van der Waals surface area contributed by atoms with Crippen molar-refractivity contribution in [3.63, 3.8) is 0 Å². The van der Waals surface area contributed by atoms with Crippen LogP contribution in [-0.4, -0.2) is 73.1 Å². The van der Waals surface area contributed by atoms with E-state index in [9.17, 15) is 0 Å². The van der Waals surface area contributed by atoms with Crippen LogP contribution in [0.3, 0.4) is 0 Å². The van der Waals surface area contributed by atoms with E-state index < -0.39 is 0 Å². The van der Waals surface area contributed by atoms with E-state index in [0.29, 0.717) is 18.1 Å². The van der Waals surface area contributed by atoms with Crippen molar-refractivity contribution in [3.8, 4) is 0 Å². The molecule has 132 valence electrons. The summed E-state index contributed by atoms with van der Waals surface area (Å²) in [5, 5.41) is 19.1. The maximum atomic E-state index is 9.14. The van der Waals surface area contributed by atoms with Crippen LogP contribution in [0.5, 0.6) is 0 Å². The second-order valence-corrected chi connectivity index (χ2v) is 5.90. The van der Waals surface area contributed by atoms with Gasteiger partial charge in [0, 0.05) is 18.8 Å². The molecule has 1 fully saturated rings. The molecule has 1 aliphatic rings. The van der Waals surface area contributed by atoms with Gasteiger partial charge in [0.25, 0.3) is 0 Å². The van der Waals surface area contributed by atoms with Crippen LogP contribution in [0.4, 0.5) is 11.4 Å². The molecule has 1 aromatic rings. The van der Waals surface area contributed by atoms with Crippen molar-refractivity contribution in [2.45, 2.75) is 20.0 Å². The first-order valence-electron chi connectivity index (χ1n) is 8.35. The van der Waals surface area contributed by atoms with Crippen molar-refractivity contribution in [1.29, 1.82) is 5.41 Å². The van der Waals surface area contributed by atoms with Crippen LogP contribution in [0.25, 0.3) is 0 Å². The number of aliphatic hydroxyl groups is 1. The van der Waals surface area contributed by atoms with Crippen molar-refractivity contribution in [2.24, 2.45) is 4.99 Å². The number of nitrogens with one attached hydrogen (secondary N) is 2. The number of amidine groups is 1. The fraction of sp³-hybridized carbons (Fsp3) is 0.529. The Balaban J connectivity index is 2.25. The summed E-state index contributed by atoms with van der Waals surface area (Å²) in [7, 11) is 3.87. The minimum absolute atomic E-state index is 0.0125. The summed E-state index contributed by atoms with van der Waals surface area (Å²) in [5.41, 5.74) is 5.85. The van der Waals surface area contributed by atoms with E-state index >= 15 is 0 Å². The van der Waals surface area contributed by atoms with E-state index in [0.717, 1.165) is 18.8 Å². The first kappa shape index (κ1) is 18.4. The maximum absolute atomic E-state index is 9.14. The summed E-state index contributed by atoms with van der Waals surface area (Å²) >= 11 is 0. The molecule has 1 heterocycles. The molecule has 0 saturated carbocycles. The summed E-state index contributed by atoms with van der Waals surface area (Å²) in [5.74, 6) is 0.301. The zero-order valence-corrected chi connectivity index (χ0v) is 15.0. The maximum Gasteiger partial charge on any atom is 0.160 e. The third kappa shape index (κ3) is 3.92. The van der Waals surface area contributed by atoms with Gasteiger partial charge in [-0.15, -0.1) is 0 Å². The fourth-order valence-corrected chi connectivity index (χ4v) is 2.76. The molecule has 1 aliphatic heterocycles. The van der Waals surface area contributed by atoms with Gasteiger partial charge in [0.15, 0.2) is 5.84 Å². The van der Waals surface area contributed by atoms with E-state index in [1.807, 2.05) is 31.1 Å². The predicted octanol–water partition coefficient (Wildman–Crippen LogP) is 1.28. The Kier molecular flexibility index (Phi) is 6.30. The van der Waals surface area contributed by atoms with Gasteiger partial charge in [-0.3, -0.25) is 15.3 Å². The molecule has 7 nitrogen and oxygen atoms in total. The highest BCUT2D eigenvalue weighted by Gasteiger charge is 2.34. The van der Waals surface area contributed by atoms with Crippen LogP contribution in [0.2, 0.25) is 0 Å².